The van der Waals surface area contributed by atoms with E-state index in [0.717, 1.165) is 24.9 Å². The Morgan fingerprint density at radius 3 is 2.75 bits per heavy atom. The smallest absolute Gasteiger partial charge is 0.159 e. The summed E-state index contributed by atoms with van der Waals surface area (Å²) in [6.45, 7) is 0.894. The molecule has 1 aromatic rings. The van der Waals surface area contributed by atoms with Crippen molar-refractivity contribution in [1.29, 1.82) is 0 Å². The Labute approximate surface area is 94.0 Å². The maximum Gasteiger partial charge on any atom is 0.159 e. The fraction of sp³-hybridized carbons (Fsp3) is 0.500. The zero-order chi connectivity index (χ0) is 11.7. The monoisotopic (exact) mass is 226 g/mol. The number of benzene rings is 1. The van der Waals surface area contributed by atoms with Crippen molar-refractivity contribution < 1.29 is 8.78 Å². The van der Waals surface area contributed by atoms with Crippen LogP contribution in [0.5, 0.6) is 0 Å². The molecule has 16 heavy (non-hydrogen) atoms. The van der Waals surface area contributed by atoms with E-state index in [1.807, 2.05) is 7.05 Å². The number of piperidine rings is 1. The molecule has 2 atom stereocenters. The highest BCUT2D eigenvalue weighted by atomic mass is 19.2. The van der Waals surface area contributed by atoms with Crippen LogP contribution in [0.3, 0.4) is 0 Å². The van der Waals surface area contributed by atoms with Crippen LogP contribution in [0.4, 0.5) is 8.78 Å². The van der Waals surface area contributed by atoms with E-state index in [9.17, 15) is 8.78 Å². The normalized spacial score (nSPS) is 27.0. The number of hydrogen-bond donors (Lipinski definition) is 1. The van der Waals surface area contributed by atoms with Crippen molar-refractivity contribution in [1.82, 2.24) is 4.90 Å². The molecule has 0 amide bonds. The molecule has 1 heterocycles. The molecular formula is C12H16F2N2. The van der Waals surface area contributed by atoms with E-state index >= 15 is 0 Å². The lowest BCUT2D eigenvalue weighted by atomic mass is 9.93. The second-order valence-corrected chi connectivity index (χ2v) is 4.45. The van der Waals surface area contributed by atoms with Crippen molar-refractivity contribution in [2.75, 3.05) is 13.6 Å². The highest BCUT2D eigenvalue weighted by molar-refractivity contribution is 5.22. The largest absolute Gasteiger partial charge is 0.328 e. The highest BCUT2D eigenvalue weighted by Gasteiger charge is 2.25. The van der Waals surface area contributed by atoms with Gasteiger partial charge >= 0.3 is 0 Å². The van der Waals surface area contributed by atoms with E-state index in [0.29, 0.717) is 0 Å². The van der Waals surface area contributed by atoms with Crippen LogP contribution in [0.1, 0.15) is 24.4 Å². The predicted molar refractivity (Wildman–Crippen MR) is 58.9 cm³/mol. The van der Waals surface area contributed by atoms with Gasteiger partial charge in [-0.25, -0.2) is 8.78 Å². The third-order valence-electron chi connectivity index (χ3n) is 3.24. The molecule has 0 saturated carbocycles. The van der Waals surface area contributed by atoms with Crippen LogP contribution >= 0.6 is 0 Å². The Hall–Kier alpha value is -1.00. The average Bonchev–Trinajstić information content (AvgIpc) is 2.26. The molecule has 1 fully saturated rings. The van der Waals surface area contributed by atoms with Crippen LogP contribution in [0.2, 0.25) is 0 Å². The molecule has 4 heteroatoms. The highest BCUT2D eigenvalue weighted by Crippen LogP contribution is 2.29. The third-order valence-corrected chi connectivity index (χ3v) is 3.24. The SMILES string of the molecule is CN1CC[C@@H](N)C[C@H]1c1ccc(F)c(F)c1. The van der Waals surface area contributed by atoms with Gasteiger partial charge in [-0.1, -0.05) is 6.07 Å². The quantitative estimate of drug-likeness (QED) is 0.794. The van der Waals surface area contributed by atoms with Crippen molar-refractivity contribution in [3.63, 3.8) is 0 Å². The topological polar surface area (TPSA) is 29.3 Å². The molecule has 2 nitrogen and oxygen atoms in total. The first-order chi connectivity index (χ1) is 7.58. The van der Waals surface area contributed by atoms with Gasteiger partial charge in [-0.3, -0.25) is 4.90 Å². The molecule has 2 rings (SSSR count). The average molecular weight is 226 g/mol. The molecule has 0 radical (unpaired) electrons. The molecule has 1 aliphatic heterocycles. The van der Waals surface area contributed by atoms with Crippen LogP contribution < -0.4 is 5.73 Å². The number of nitrogens with two attached hydrogens (primary N) is 1. The van der Waals surface area contributed by atoms with Gasteiger partial charge in [0.1, 0.15) is 0 Å². The van der Waals surface area contributed by atoms with Crippen LogP contribution in [-0.2, 0) is 0 Å². The van der Waals surface area contributed by atoms with Gasteiger partial charge < -0.3 is 5.73 Å². The van der Waals surface area contributed by atoms with E-state index in [-0.39, 0.29) is 12.1 Å². The minimum absolute atomic E-state index is 0.0962. The number of hydrogen-bond acceptors (Lipinski definition) is 2. The lowest BCUT2D eigenvalue weighted by Gasteiger charge is -2.36. The molecular weight excluding hydrogens is 210 g/mol. The Balaban J connectivity index is 2.24. The zero-order valence-electron chi connectivity index (χ0n) is 9.29. The molecule has 0 spiro atoms. The van der Waals surface area contributed by atoms with Crippen LogP contribution in [-0.4, -0.2) is 24.5 Å². The van der Waals surface area contributed by atoms with Gasteiger partial charge in [0.25, 0.3) is 0 Å². The minimum Gasteiger partial charge on any atom is -0.328 e. The van der Waals surface area contributed by atoms with E-state index in [4.69, 9.17) is 5.73 Å². The van der Waals surface area contributed by atoms with E-state index in [2.05, 4.69) is 4.90 Å². The van der Waals surface area contributed by atoms with Crippen molar-refractivity contribution in [2.45, 2.75) is 24.9 Å². The molecule has 0 bridgehead atoms. The molecule has 0 unspecified atom stereocenters. The summed E-state index contributed by atoms with van der Waals surface area (Å²) in [5.74, 6) is -1.59. The number of rotatable bonds is 1. The second kappa shape index (κ2) is 4.47. The Morgan fingerprint density at radius 2 is 2.06 bits per heavy atom. The lowest BCUT2D eigenvalue weighted by Crippen LogP contribution is -2.39. The van der Waals surface area contributed by atoms with E-state index < -0.39 is 11.6 Å². The van der Waals surface area contributed by atoms with Crippen LogP contribution in [0.25, 0.3) is 0 Å². The van der Waals surface area contributed by atoms with Crippen molar-refractivity contribution in [2.24, 2.45) is 5.73 Å². The first-order valence-corrected chi connectivity index (χ1v) is 5.48. The summed E-state index contributed by atoms with van der Waals surface area (Å²) < 4.78 is 26.0. The third kappa shape index (κ3) is 2.23. The fourth-order valence-corrected chi connectivity index (χ4v) is 2.22. The molecule has 1 saturated heterocycles. The summed E-state index contributed by atoms with van der Waals surface area (Å²) in [5.41, 5.74) is 6.70. The standard InChI is InChI=1S/C12H16F2N2/c1-16-5-4-9(15)7-12(16)8-2-3-10(13)11(14)6-8/h2-3,6,9,12H,4-5,7,15H2,1H3/t9-,12+/m1/s1. The maximum absolute atomic E-state index is 13.1. The molecule has 0 aromatic heterocycles. The minimum atomic E-state index is -0.800. The first kappa shape index (κ1) is 11.5. The summed E-state index contributed by atoms with van der Waals surface area (Å²) in [7, 11) is 1.98. The molecule has 0 aliphatic carbocycles. The predicted octanol–water partition coefficient (Wildman–Crippen LogP) is 2.06. The molecule has 88 valence electrons. The number of nitrogens with zero attached hydrogens (tertiary/aromatic N) is 1. The summed E-state index contributed by atoms with van der Waals surface area (Å²) in [6.07, 6.45) is 1.75. The van der Waals surface area contributed by atoms with E-state index in [1.54, 1.807) is 6.07 Å². The Morgan fingerprint density at radius 1 is 1.31 bits per heavy atom. The van der Waals surface area contributed by atoms with Gasteiger partial charge in [-0.05, 0) is 44.1 Å². The lowest BCUT2D eigenvalue weighted by molar-refractivity contribution is 0.171. The van der Waals surface area contributed by atoms with Gasteiger partial charge in [0, 0.05) is 12.1 Å². The van der Waals surface area contributed by atoms with Crippen LogP contribution in [0.15, 0.2) is 18.2 Å². The van der Waals surface area contributed by atoms with Gasteiger partial charge in [-0.2, -0.15) is 0 Å². The number of halogens is 2. The summed E-state index contributed by atoms with van der Waals surface area (Å²) in [5, 5.41) is 0. The van der Waals surface area contributed by atoms with Crippen molar-refractivity contribution >= 4 is 0 Å². The Kier molecular flexibility index (Phi) is 3.21. The number of likely N-dealkylation sites (tertiary alicyclic amines) is 1. The van der Waals surface area contributed by atoms with Gasteiger partial charge in [-0.15, -0.1) is 0 Å². The molecule has 1 aromatic carbocycles. The maximum atomic E-state index is 13.1. The summed E-state index contributed by atoms with van der Waals surface area (Å²) in [6, 6.07) is 4.33. The van der Waals surface area contributed by atoms with Crippen molar-refractivity contribution in [3.8, 4) is 0 Å². The van der Waals surface area contributed by atoms with Crippen molar-refractivity contribution in [3.05, 3.63) is 35.4 Å². The summed E-state index contributed by atoms with van der Waals surface area (Å²) >= 11 is 0. The Bertz CT molecular complexity index is 381. The van der Waals surface area contributed by atoms with Gasteiger partial charge in [0.2, 0.25) is 0 Å². The summed E-state index contributed by atoms with van der Waals surface area (Å²) in [4.78, 5) is 2.13. The van der Waals surface area contributed by atoms with Gasteiger partial charge in [0.05, 0.1) is 0 Å². The van der Waals surface area contributed by atoms with E-state index in [1.165, 1.54) is 12.1 Å². The zero-order valence-corrected chi connectivity index (χ0v) is 9.29. The molecule has 2 N–H and O–H groups in total. The molecule has 1 aliphatic rings. The van der Waals surface area contributed by atoms with Gasteiger partial charge in [0.15, 0.2) is 11.6 Å². The van der Waals surface area contributed by atoms with Crippen LogP contribution in [0, 0.1) is 11.6 Å². The first-order valence-electron chi connectivity index (χ1n) is 5.48. The second-order valence-electron chi connectivity index (χ2n) is 4.45. The fourth-order valence-electron chi connectivity index (χ4n) is 2.22.